The molecule has 2 aliphatic heterocycles. The van der Waals surface area contributed by atoms with E-state index in [9.17, 15) is 8.78 Å². The van der Waals surface area contributed by atoms with Crippen LogP contribution in [0.5, 0.6) is 5.75 Å². The minimum atomic E-state index is -2.95. The molecule has 4 heterocycles. The Kier molecular flexibility index (Phi) is 6.41. The predicted molar refractivity (Wildman–Crippen MR) is 139 cm³/mol. The number of rotatable bonds is 8. The lowest BCUT2D eigenvalue weighted by molar-refractivity contribution is -0.0497. The van der Waals surface area contributed by atoms with E-state index in [4.69, 9.17) is 16.3 Å². The highest BCUT2D eigenvalue weighted by Crippen LogP contribution is 2.41. The topological polar surface area (TPSA) is 86.1 Å². The number of alkyl halides is 2. The number of benzene rings is 1. The molecule has 3 aromatic rings. The van der Waals surface area contributed by atoms with Gasteiger partial charge < -0.3 is 25.2 Å². The molecule has 2 saturated heterocycles. The third kappa shape index (κ3) is 5.10. The molecule has 0 bridgehead atoms. The largest absolute Gasteiger partial charge is 0.435 e. The Morgan fingerprint density at radius 2 is 1.89 bits per heavy atom. The molecule has 0 unspecified atom stereocenters. The number of fused-ring (bicyclic) bond motifs is 1. The summed E-state index contributed by atoms with van der Waals surface area (Å²) in [5.74, 6) is 0.913. The Hall–Kier alpha value is -2.96. The van der Waals surface area contributed by atoms with Gasteiger partial charge >= 0.3 is 6.61 Å². The monoisotopic (exact) mass is 533 g/mol. The molecule has 10 nitrogen and oxygen atoms in total. The number of likely N-dealkylation sites (N-methyl/N-ethyl adjacent to an activating group) is 1. The molecule has 6 rings (SSSR count). The second-order valence-electron chi connectivity index (χ2n) is 10.0. The van der Waals surface area contributed by atoms with Gasteiger partial charge in [-0.25, -0.2) is 9.50 Å². The number of nitrogens with zero attached hydrogens (tertiary/aromatic N) is 7. The highest BCUT2D eigenvalue weighted by atomic mass is 35.5. The normalized spacial score (nSPS) is 19.5. The third-order valence-electron chi connectivity index (χ3n) is 7.21. The summed E-state index contributed by atoms with van der Waals surface area (Å²) in [4.78, 5) is 15.9. The van der Waals surface area contributed by atoms with Crippen molar-refractivity contribution < 1.29 is 13.5 Å². The molecular weight excluding hydrogens is 504 g/mol. The number of halogens is 3. The van der Waals surface area contributed by atoms with Crippen molar-refractivity contribution in [1.82, 2.24) is 29.4 Å². The summed E-state index contributed by atoms with van der Waals surface area (Å²) in [5, 5.41) is 11.5. The van der Waals surface area contributed by atoms with E-state index < -0.39 is 6.61 Å². The molecule has 37 heavy (non-hydrogen) atoms. The van der Waals surface area contributed by atoms with E-state index in [1.54, 1.807) is 16.8 Å². The van der Waals surface area contributed by atoms with Gasteiger partial charge in [-0.05, 0) is 26.8 Å². The number of hydrogen-bond donors (Lipinski definition) is 2. The molecule has 0 amide bonds. The van der Waals surface area contributed by atoms with Crippen LogP contribution < -0.4 is 20.3 Å². The average molecular weight is 534 g/mol. The summed E-state index contributed by atoms with van der Waals surface area (Å²) in [5.41, 5.74) is 2.51. The summed E-state index contributed by atoms with van der Waals surface area (Å²) < 4.78 is 32.8. The van der Waals surface area contributed by atoms with Gasteiger partial charge in [-0.3, -0.25) is 4.90 Å². The number of aryl methyl sites for hydroxylation is 1. The zero-order valence-electron chi connectivity index (χ0n) is 20.8. The quantitative estimate of drug-likeness (QED) is 0.452. The molecule has 0 atom stereocenters. The predicted octanol–water partition coefficient (Wildman–Crippen LogP) is 3.44. The zero-order valence-corrected chi connectivity index (χ0v) is 21.5. The maximum atomic E-state index is 13.2. The van der Waals surface area contributed by atoms with Gasteiger partial charge in [0.15, 0.2) is 11.5 Å². The van der Waals surface area contributed by atoms with Crippen LogP contribution in [-0.2, 0) is 0 Å². The number of anilines is 4. The van der Waals surface area contributed by atoms with Crippen LogP contribution in [0.15, 0.2) is 18.3 Å². The van der Waals surface area contributed by atoms with Crippen LogP contribution in [0.1, 0.15) is 18.5 Å². The molecule has 3 fully saturated rings. The SMILES string of the molecule is Cc1cnc2c(NC3CC3)nc(Nc3cc(OC(F)F)cc(N4CC(N5CCN(C)CC5)C4)c3Cl)nn12. The summed E-state index contributed by atoms with van der Waals surface area (Å²) in [7, 11) is 2.13. The smallest absolute Gasteiger partial charge is 0.387 e. The minimum Gasteiger partial charge on any atom is -0.435 e. The van der Waals surface area contributed by atoms with Crippen LogP contribution in [0.25, 0.3) is 5.65 Å². The zero-order chi connectivity index (χ0) is 25.7. The van der Waals surface area contributed by atoms with Gasteiger partial charge in [-0.15, -0.1) is 5.10 Å². The fourth-order valence-electron chi connectivity index (χ4n) is 4.83. The van der Waals surface area contributed by atoms with Gasteiger partial charge in [-0.1, -0.05) is 11.6 Å². The van der Waals surface area contributed by atoms with E-state index >= 15 is 0 Å². The first-order chi connectivity index (χ1) is 17.8. The van der Waals surface area contributed by atoms with Gasteiger partial charge in [0.25, 0.3) is 0 Å². The lowest BCUT2D eigenvalue weighted by Crippen LogP contribution is -2.63. The highest BCUT2D eigenvalue weighted by molar-refractivity contribution is 6.36. The molecule has 198 valence electrons. The molecular formula is C24H30ClF2N9O. The van der Waals surface area contributed by atoms with Crippen LogP contribution in [0.4, 0.5) is 31.9 Å². The Bertz CT molecular complexity index is 1290. The van der Waals surface area contributed by atoms with E-state index in [0.29, 0.717) is 39.9 Å². The van der Waals surface area contributed by atoms with Gasteiger partial charge in [0.05, 0.1) is 28.3 Å². The fourth-order valence-corrected chi connectivity index (χ4v) is 5.10. The number of aromatic nitrogens is 4. The Balaban J connectivity index is 1.27. The summed E-state index contributed by atoms with van der Waals surface area (Å²) >= 11 is 6.83. The third-order valence-corrected chi connectivity index (χ3v) is 7.60. The summed E-state index contributed by atoms with van der Waals surface area (Å²) in [6, 6.07) is 3.80. The molecule has 1 aromatic carbocycles. The maximum absolute atomic E-state index is 13.2. The number of imidazole rings is 1. The second kappa shape index (κ2) is 9.73. The first-order valence-corrected chi connectivity index (χ1v) is 12.9. The van der Waals surface area contributed by atoms with Crippen molar-refractivity contribution >= 4 is 40.4 Å². The van der Waals surface area contributed by atoms with Crippen LogP contribution in [0, 0.1) is 6.92 Å². The molecule has 3 aliphatic rings. The van der Waals surface area contributed by atoms with Crippen molar-refractivity contribution in [2.45, 2.75) is 38.5 Å². The summed E-state index contributed by atoms with van der Waals surface area (Å²) in [6.45, 7) is 4.62. The number of ether oxygens (including phenoxy) is 1. The number of hydrogen-bond acceptors (Lipinski definition) is 9. The Labute approximate surface area is 218 Å². The number of nitrogens with one attached hydrogen (secondary N) is 2. The van der Waals surface area contributed by atoms with Crippen LogP contribution in [-0.4, -0.2) is 94.4 Å². The lowest BCUT2D eigenvalue weighted by Gasteiger charge is -2.49. The molecule has 2 N–H and O–H groups in total. The molecule has 1 aliphatic carbocycles. The van der Waals surface area contributed by atoms with Crippen LogP contribution in [0.2, 0.25) is 5.02 Å². The van der Waals surface area contributed by atoms with E-state index in [-0.39, 0.29) is 11.7 Å². The highest BCUT2D eigenvalue weighted by Gasteiger charge is 2.35. The van der Waals surface area contributed by atoms with Gasteiger partial charge in [-0.2, -0.15) is 13.8 Å². The Morgan fingerprint density at radius 3 is 2.59 bits per heavy atom. The number of piperazine rings is 1. The average Bonchev–Trinajstić information content (AvgIpc) is 3.57. The van der Waals surface area contributed by atoms with Crippen molar-refractivity contribution in [1.29, 1.82) is 0 Å². The van der Waals surface area contributed by atoms with Gasteiger partial charge in [0, 0.05) is 63.5 Å². The first-order valence-electron chi connectivity index (χ1n) is 12.6. The standard InChI is InChI=1S/C24H30ClF2N9O/c1-14-11-28-22-21(29-15-3-4-15)31-24(32-36(14)22)30-18-9-17(37-23(26)27)10-19(20(18)25)35-12-16(13-35)34-7-5-33(2)6-8-34/h9-11,15-16,23H,3-8,12-13H2,1-2H3,(H2,29,30,31,32). The fraction of sp³-hybridized carbons (Fsp3) is 0.542. The molecule has 2 aromatic heterocycles. The molecule has 13 heteroatoms. The van der Waals surface area contributed by atoms with Crippen LogP contribution in [0.3, 0.4) is 0 Å². The van der Waals surface area contributed by atoms with E-state index in [1.807, 2.05) is 6.92 Å². The lowest BCUT2D eigenvalue weighted by atomic mass is 10.0. The van der Waals surface area contributed by atoms with E-state index in [2.05, 4.69) is 47.4 Å². The minimum absolute atomic E-state index is 0.0242. The molecule has 0 spiro atoms. The van der Waals surface area contributed by atoms with Crippen molar-refractivity contribution in [2.24, 2.45) is 0 Å². The first kappa shape index (κ1) is 24.4. The van der Waals surface area contributed by atoms with Crippen molar-refractivity contribution in [3.05, 3.63) is 29.0 Å². The van der Waals surface area contributed by atoms with Crippen LogP contribution >= 0.6 is 11.6 Å². The van der Waals surface area contributed by atoms with Crippen molar-refractivity contribution in [2.75, 3.05) is 61.8 Å². The maximum Gasteiger partial charge on any atom is 0.387 e. The second-order valence-corrected chi connectivity index (χ2v) is 10.4. The Morgan fingerprint density at radius 1 is 1.14 bits per heavy atom. The summed E-state index contributed by atoms with van der Waals surface area (Å²) in [6.07, 6.45) is 3.88. The van der Waals surface area contributed by atoms with Crippen molar-refractivity contribution in [3.8, 4) is 5.75 Å². The molecule has 0 radical (unpaired) electrons. The molecule has 1 saturated carbocycles. The van der Waals surface area contributed by atoms with E-state index in [1.165, 1.54) is 6.07 Å². The van der Waals surface area contributed by atoms with E-state index in [0.717, 1.165) is 57.8 Å². The van der Waals surface area contributed by atoms with Crippen molar-refractivity contribution in [3.63, 3.8) is 0 Å². The van der Waals surface area contributed by atoms with Gasteiger partial charge in [0.2, 0.25) is 5.95 Å². The van der Waals surface area contributed by atoms with Gasteiger partial charge in [0.1, 0.15) is 5.75 Å².